The predicted octanol–water partition coefficient (Wildman–Crippen LogP) is 2.13. The zero-order valence-electron chi connectivity index (χ0n) is 9.48. The van der Waals surface area contributed by atoms with Crippen LogP contribution < -0.4 is 11.3 Å². The van der Waals surface area contributed by atoms with Crippen LogP contribution in [0.3, 0.4) is 0 Å². The third kappa shape index (κ3) is 3.32. The van der Waals surface area contributed by atoms with Crippen molar-refractivity contribution < 1.29 is 4.39 Å². The Hall–Kier alpha value is -1.37. The second-order valence-electron chi connectivity index (χ2n) is 3.87. The van der Waals surface area contributed by atoms with E-state index in [9.17, 15) is 4.39 Å². The zero-order chi connectivity index (χ0) is 13.0. The molecule has 4 nitrogen and oxygen atoms in total. The maximum Gasteiger partial charge on any atom is 0.141 e. The van der Waals surface area contributed by atoms with Crippen LogP contribution in [0.5, 0.6) is 0 Å². The molecule has 0 aliphatic heterocycles. The summed E-state index contributed by atoms with van der Waals surface area (Å²) in [6.07, 6.45) is 6.82. The van der Waals surface area contributed by atoms with Gasteiger partial charge in [-0.15, -0.1) is 0 Å². The minimum absolute atomic E-state index is 0.204. The van der Waals surface area contributed by atoms with Crippen LogP contribution in [0.25, 0.3) is 0 Å². The first-order valence-electron chi connectivity index (χ1n) is 5.35. The fraction of sp³-hybridized carbons (Fsp3) is 0.167. The highest BCUT2D eigenvalue weighted by Crippen LogP contribution is 2.19. The van der Waals surface area contributed by atoms with Gasteiger partial charge in [0, 0.05) is 23.1 Å². The number of pyridine rings is 2. The van der Waals surface area contributed by atoms with E-state index in [0.29, 0.717) is 12.0 Å². The Kier molecular flexibility index (Phi) is 4.35. The van der Waals surface area contributed by atoms with Crippen LogP contribution in [0.4, 0.5) is 4.39 Å². The normalized spacial score (nSPS) is 12.4. The molecule has 6 heteroatoms. The van der Waals surface area contributed by atoms with E-state index in [1.807, 2.05) is 6.07 Å². The third-order valence-electron chi connectivity index (χ3n) is 2.53. The van der Waals surface area contributed by atoms with E-state index in [1.165, 1.54) is 6.07 Å². The van der Waals surface area contributed by atoms with Gasteiger partial charge in [0.25, 0.3) is 0 Å². The number of hydrogen-bond acceptors (Lipinski definition) is 4. The Morgan fingerprint density at radius 3 is 2.67 bits per heavy atom. The van der Waals surface area contributed by atoms with Crippen LogP contribution in [0.15, 0.2) is 41.4 Å². The predicted molar refractivity (Wildman–Crippen MR) is 69.9 cm³/mol. The summed E-state index contributed by atoms with van der Waals surface area (Å²) in [6, 6.07) is 3.16. The van der Waals surface area contributed by atoms with Crippen molar-refractivity contribution in [3.63, 3.8) is 0 Å². The van der Waals surface area contributed by atoms with Gasteiger partial charge in [-0.2, -0.15) is 0 Å². The first-order chi connectivity index (χ1) is 8.69. The van der Waals surface area contributed by atoms with Gasteiger partial charge in [-0.05, 0) is 45.6 Å². The molecule has 2 aromatic rings. The number of hydrazine groups is 1. The van der Waals surface area contributed by atoms with Gasteiger partial charge in [-0.1, -0.05) is 0 Å². The lowest BCUT2D eigenvalue weighted by atomic mass is 10.0. The smallest absolute Gasteiger partial charge is 0.141 e. The van der Waals surface area contributed by atoms with E-state index >= 15 is 0 Å². The van der Waals surface area contributed by atoms with E-state index in [2.05, 4.69) is 31.3 Å². The number of nitrogens with two attached hydrogens (primary N) is 1. The molecule has 1 unspecified atom stereocenters. The fourth-order valence-corrected chi connectivity index (χ4v) is 2.11. The highest BCUT2D eigenvalue weighted by molar-refractivity contribution is 9.10. The van der Waals surface area contributed by atoms with Crippen molar-refractivity contribution in [2.75, 3.05) is 0 Å². The molecular formula is C12H12BrFN4. The topological polar surface area (TPSA) is 63.8 Å². The molecule has 18 heavy (non-hydrogen) atoms. The average molecular weight is 311 g/mol. The number of rotatable bonds is 4. The highest BCUT2D eigenvalue weighted by Gasteiger charge is 2.12. The Bertz CT molecular complexity index is 535. The summed E-state index contributed by atoms with van der Waals surface area (Å²) in [6.45, 7) is 0. The molecule has 2 rings (SSSR count). The van der Waals surface area contributed by atoms with Crippen molar-refractivity contribution >= 4 is 15.9 Å². The Morgan fingerprint density at radius 2 is 2.00 bits per heavy atom. The van der Waals surface area contributed by atoms with Crippen LogP contribution >= 0.6 is 15.9 Å². The molecule has 0 saturated heterocycles. The molecule has 0 aliphatic carbocycles. The molecule has 1 atom stereocenters. The van der Waals surface area contributed by atoms with Crippen LogP contribution in [0, 0.1) is 5.82 Å². The minimum atomic E-state index is -0.375. The summed E-state index contributed by atoms with van der Waals surface area (Å²) in [4.78, 5) is 7.89. The molecule has 0 fully saturated rings. The zero-order valence-corrected chi connectivity index (χ0v) is 11.1. The summed E-state index contributed by atoms with van der Waals surface area (Å²) >= 11 is 3.36. The number of nitrogens with one attached hydrogen (secondary N) is 1. The molecule has 0 aliphatic rings. The Balaban J connectivity index is 2.19. The summed E-state index contributed by atoms with van der Waals surface area (Å²) in [7, 11) is 0. The van der Waals surface area contributed by atoms with Crippen molar-refractivity contribution in [3.05, 3.63) is 58.3 Å². The molecule has 0 amide bonds. The second-order valence-corrected chi connectivity index (χ2v) is 4.79. The maximum absolute atomic E-state index is 13.1. The number of aromatic nitrogens is 2. The molecule has 2 aromatic heterocycles. The van der Waals surface area contributed by atoms with E-state index < -0.39 is 0 Å². The van der Waals surface area contributed by atoms with Crippen LogP contribution in [-0.2, 0) is 6.42 Å². The van der Waals surface area contributed by atoms with Gasteiger partial charge in [0.05, 0.1) is 12.2 Å². The number of hydrogen-bond donors (Lipinski definition) is 2. The van der Waals surface area contributed by atoms with Gasteiger partial charge >= 0.3 is 0 Å². The van der Waals surface area contributed by atoms with Gasteiger partial charge in [0.2, 0.25) is 0 Å². The summed E-state index contributed by atoms with van der Waals surface area (Å²) in [5.74, 6) is 5.13. The summed E-state index contributed by atoms with van der Waals surface area (Å²) in [5.41, 5.74) is 4.37. The lowest BCUT2D eigenvalue weighted by Crippen LogP contribution is -2.29. The fourth-order valence-electron chi connectivity index (χ4n) is 1.70. The van der Waals surface area contributed by atoms with E-state index in [4.69, 9.17) is 5.84 Å². The average Bonchev–Trinajstić information content (AvgIpc) is 2.36. The lowest BCUT2D eigenvalue weighted by Gasteiger charge is -2.16. The highest BCUT2D eigenvalue weighted by atomic mass is 79.9. The van der Waals surface area contributed by atoms with E-state index in [0.717, 1.165) is 16.2 Å². The van der Waals surface area contributed by atoms with E-state index in [-0.39, 0.29) is 11.9 Å². The Morgan fingerprint density at radius 1 is 1.22 bits per heavy atom. The van der Waals surface area contributed by atoms with Crippen molar-refractivity contribution in [1.82, 2.24) is 15.4 Å². The van der Waals surface area contributed by atoms with Gasteiger partial charge in [-0.3, -0.25) is 21.2 Å². The molecule has 3 N–H and O–H groups in total. The molecule has 0 bridgehead atoms. The second kappa shape index (κ2) is 5.99. The van der Waals surface area contributed by atoms with Crippen LogP contribution in [-0.4, -0.2) is 9.97 Å². The van der Waals surface area contributed by atoms with E-state index in [1.54, 1.807) is 18.6 Å². The number of nitrogens with zero attached hydrogens (tertiary/aromatic N) is 2. The molecule has 0 radical (unpaired) electrons. The summed E-state index contributed by atoms with van der Waals surface area (Å²) < 4.78 is 14.0. The van der Waals surface area contributed by atoms with Crippen LogP contribution in [0.2, 0.25) is 0 Å². The van der Waals surface area contributed by atoms with Crippen LogP contribution in [0.1, 0.15) is 17.2 Å². The van der Waals surface area contributed by atoms with Crippen molar-refractivity contribution in [3.8, 4) is 0 Å². The molecular weight excluding hydrogens is 299 g/mol. The quantitative estimate of drug-likeness (QED) is 0.671. The van der Waals surface area contributed by atoms with Gasteiger partial charge in [-0.25, -0.2) is 4.39 Å². The monoisotopic (exact) mass is 310 g/mol. The summed E-state index contributed by atoms with van der Waals surface area (Å²) in [5, 5.41) is 0. The standard InChI is InChI=1S/C12H12BrFN4/c13-10-1-8(4-16-6-10)2-12(18-15)9-3-11(14)7-17-5-9/h1,3-7,12,18H,2,15H2. The van der Waals surface area contributed by atoms with Gasteiger partial charge in [0.1, 0.15) is 5.82 Å². The van der Waals surface area contributed by atoms with Crippen molar-refractivity contribution in [1.29, 1.82) is 0 Å². The third-order valence-corrected chi connectivity index (χ3v) is 2.96. The molecule has 2 heterocycles. The molecule has 0 saturated carbocycles. The minimum Gasteiger partial charge on any atom is -0.271 e. The van der Waals surface area contributed by atoms with Crippen molar-refractivity contribution in [2.45, 2.75) is 12.5 Å². The molecule has 0 aromatic carbocycles. The molecule has 0 spiro atoms. The first kappa shape index (κ1) is 13.1. The Labute approximate surface area is 113 Å². The van der Waals surface area contributed by atoms with Gasteiger partial charge in [0.15, 0.2) is 0 Å². The first-order valence-corrected chi connectivity index (χ1v) is 6.14. The molecule has 94 valence electrons. The maximum atomic E-state index is 13.1. The lowest BCUT2D eigenvalue weighted by molar-refractivity contribution is 0.540. The van der Waals surface area contributed by atoms with Crippen molar-refractivity contribution in [2.24, 2.45) is 5.84 Å². The largest absolute Gasteiger partial charge is 0.271 e. The SMILES string of the molecule is NNC(Cc1cncc(Br)c1)c1cncc(F)c1. The number of halogens is 2. The van der Waals surface area contributed by atoms with Gasteiger partial charge < -0.3 is 0 Å².